The Morgan fingerprint density at radius 2 is 1.93 bits per heavy atom. The van der Waals surface area contributed by atoms with E-state index in [0.717, 1.165) is 17.9 Å². The zero-order valence-electron chi connectivity index (χ0n) is 16.8. The van der Waals surface area contributed by atoms with Crippen LogP contribution in [-0.2, 0) is 7.05 Å². The molecular formula is C22H22FN7. The Morgan fingerprint density at radius 1 is 1.07 bits per heavy atom. The van der Waals surface area contributed by atoms with Crippen molar-refractivity contribution >= 4 is 22.5 Å². The van der Waals surface area contributed by atoms with Gasteiger partial charge in [-0.1, -0.05) is 6.07 Å². The predicted octanol–water partition coefficient (Wildman–Crippen LogP) is 3.20. The van der Waals surface area contributed by atoms with Crippen molar-refractivity contribution < 1.29 is 4.39 Å². The largest absolute Gasteiger partial charge is 0.383 e. The molecule has 4 heterocycles. The Morgan fingerprint density at radius 3 is 2.70 bits per heavy atom. The van der Waals surface area contributed by atoms with Crippen molar-refractivity contribution in [3.63, 3.8) is 0 Å². The third kappa shape index (κ3) is 2.96. The third-order valence-corrected chi connectivity index (χ3v) is 5.74. The number of pyridine rings is 1. The SMILES string of the molecule is CN1CN(c2ccc(-c3cn(C)c4ncnc(N)c34)c(F)c2)CC1c1ccccn1. The highest BCUT2D eigenvalue weighted by Crippen LogP contribution is 2.36. The lowest BCUT2D eigenvalue weighted by molar-refractivity contribution is 0.320. The van der Waals surface area contributed by atoms with Crippen molar-refractivity contribution in [3.8, 4) is 11.1 Å². The molecule has 0 saturated carbocycles. The van der Waals surface area contributed by atoms with Gasteiger partial charge in [0.1, 0.15) is 23.6 Å². The first kappa shape index (κ1) is 18.5. The number of nitrogens with zero attached hydrogens (tertiary/aromatic N) is 6. The van der Waals surface area contributed by atoms with Crippen molar-refractivity contribution in [2.75, 3.05) is 30.9 Å². The second-order valence-corrected chi connectivity index (χ2v) is 7.67. The third-order valence-electron chi connectivity index (χ3n) is 5.74. The molecule has 0 bridgehead atoms. The molecule has 1 aliphatic heterocycles. The van der Waals surface area contributed by atoms with Crippen LogP contribution in [0.2, 0.25) is 0 Å². The van der Waals surface area contributed by atoms with Gasteiger partial charge in [-0.05, 0) is 37.4 Å². The van der Waals surface area contributed by atoms with Gasteiger partial charge in [-0.3, -0.25) is 9.88 Å². The lowest BCUT2D eigenvalue weighted by atomic mass is 10.0. The molecule has 1 aliphatic rings. The van der Waals surface area contributed by atoms with Gasteiger partial charge >= 0.3 is 0 Å². The van der Waals surface area contributed by atoms with Crippen LogP contribution >= 0.6 is 0 Å². The van der Waals surface area contributed by atoms with E-state index in [1.807, 2.05) is 42.1 Å². The summed E-state index contributed by atoms with van der Waals surface area (Å²) in [6, 6.07) is 11.4. The second-order valence-electron chi connectivity index (χ2n) is 7.67. The highest BCUT2D eigenvalue weighted by molar-refractivity contribution is 6.00. The van der Waals surface area contributed by atoms with Gasteiger partial charge in [-0.2, -0.15) is 0 Å². The highest BCUT2D eigenvalue weighted by Gasteiger charge is 2.30. The quantitative estimate of drug-likeness (QED) is 0.566. The lowest BCUT2D eigenvalue weighted by Gasteiger charge is -2.18. The topological polar surface area (TPSA) is 76.1 Å². The summed E-state index contributed by atoms with van der Waals surface area (Å²) >= 11 is 0. The molecule has 1 fully saturated rings. The molecule has 1 aromatic carbocycles. The summed E-state index contributed by atoms with van der Waals surface area (Å²) in [5, 5.41) is 0.669. The Hall–Kier alpha value is -3.52. The molecule has 5 rings (SSSR count). The van der Waals surface area contributed by atoms with Gasteiger partial charge < -0.3 is 15.2 Å². The normalized spacial score (nSPS) is 17.2. The van der Waals surface area contributed by atoms with Gasteiger partial charge in [0, 0.05) is 42.8 Å². The maximum absolute atomic E-state index is 15.2. The zero-order valence-corrected chi connectivity index (χ0v) is 16.8. The van der Waals surface area contributed by atoms with E-state index >= 15 is 4.39 Å². The van der Waals surface area contributed by atoms with Crippen LogP contribution in [0, 0.1) is 5.82 Å². The number of halogens is 1. The van der Waals surface area contributed by atoms with E-state index < -0.39 is 0 Å². The molecule has 0 amide bonds. The Labute approximate surface area is 173 Å². The highest BCUT2D eigenvalue weighted by atomic mass is 19.1. The standard InChI is InChI=1S/C22H22FN7/c1-28-10-16(20-21(24)26-12-27-22(20)28)15-7-6-14(9-17(15)23)30-11-19(29(2)13-30)18-5-3-4-8-25-18/h3-10,12,19H,11,13H2,1-2H3,(H2,24,26,27). The van der Waals surface area contributed by atoms with E-state index in [0.29, 0.717) is 34.6 Å². The summed E-state index contributed by atoms with van der Waals surface area (Å²) < 4.78 is 17.1. The summed E-state index contributed by atoms with van der Waals surface area (Å²) in [4.78, 5) is 17.2. The monoisotopic (exact) mass is 403 g/mol. The fourth-order valence-corrected chi connectivity index (χ4v) is 4.21. The number of hydrogen-bond donors (Lipinski definition) is 1. The average molecular weight is 403 g/mol. The van der Waals surface area contributed by atoms with Crippen molar-refractivity contribution in [2.45, 2.75) is 6.04 Å². The molecule has 7 nitrogen and oxygen atoms in total. The summed E-state index contributed by atoms with van der Waals surface area (Å²) in [6.45, 7) is 1.45. The number of hydrogen-bond acceptors (Lipinski definition) is 6. The molecule has 1 saturated heterocycles. The van der Waals surface area contributed by atoms with Gasteiger partial charge in [0.2, 0.25) is 0 Å². The van der Waals surface area contributed by atoms with Crippen molar-refractivity contribution in [3.05, 3.63) is 66.6 Å². The van der Waals surface area contributed by atoms with E-state index in [2.05, 4.69) is 31.8 Å². The van der Waals surface area contributed by atoms with E-state index in [1.165, 1.54) is 6.33 Å². The number of aromatic nitrogens is 4. The molecule has 1 atom stereocenters. The number of aryl methyl sites for hydroxylation is 1. The molecule has 4 aromatic rings. The van der Waals surface area contributed by atoms with Crippen LogP contribution in [0.25, 0.3) is 22.2 Å². The van der Waals surface area contributed by atoms with Crippen molar-refractivity contribution in [2.24, 2.45) is 7.05 Å². The molecule has 30 heavy (non-hydrogen) atoms. The molecular weight excluding hydrogens is 381 g/mol. The summed E-state index contributed by atoms with van der Waals surface area (Å²) in [6.07, 6.45) is 5.07. The second kappa shape index (κ2) is 7.07. The first-order valence-corrected chi connectivity index (χ1v) is 9.74. The minimum Gasteiger partial charge on any atom is -0.383 e. The lowest BCUT2D eigenvalue weighted by Crippen LogP contribution is -2.22. The van der Waals surface area contributed by atoms with Crippen molar-refractivity contribution in [1.82, 2.24) is 24.4 Å². The first-order chi connectivity index (χ1) is 14.5. The predicted molar refractivity (Wildman–Crippen MR) is 115 cm³/mol. The van der Waals surface area contributed by atoms with Gasteiger partial charge in [-0.25, -0.2) is 14.4 Å². The van der Waals surface area contributed by atoms with Crippen LogP contribution in [0.4, 0.5) is 15.9 Å². The summed E-state index contributed by atoms with van der Waals surface area (Å²) in [5.41, 5.74) is 9.79. The van der Waals surface area contributed by atoms with Crippen LogP contribution in [-0.4, -0.2) is 44.7 Å². The van der Waals surface area contributed by atoms with Gasteiger partial charge in [-0.15, -0.1) is 0 Å². The van der Waals surface area contributed by atoms with Crippen LogP contribution in [0.5, 0.6) is 0 Å². The maximum Gasteiger partial charge on any atom is 0.145 e. The van der Waals surface area contributed by atoms with E-state index in [9.17, 15) is 0 Å². The van der Waals surface area contributed by atoms with Crippen LogP contribution in [0.1, 0.15) is 11.7 Å². The minimum atomic E-state index is -0.299. The molecule has 1 unspecified atom stereocenters. The Balaban J connectivity index is 1.48. The summed E-state index contributed by atoms with van der Waals surface area (Å²) in [7, 11) is 3.92. The number of likely N-dealkylation sites (N-methyl/N-ethyl adjacent to an activating group) is 1. The number of rotatable bonds is 3. The summed E-state index contributed by atoms with van der Waals surface area (Å²) in [5.74, 6) is 0.0469. The maximum atomic E-state index is 15.2. The number of fused-ring (bicyclic) bond motifs is 1. The fraction of sp³-hybridized carbons (Fsp3) is 0.227. The van der Waals surface area contributed by atoms with Crippen LogP contribution < -0.4 is 10.6 Å². The molecule has 152 valence electrons. The number of nitrogen functional groups attached to an aromatic ring is 1. The molecule has 8 heteroatoms. The Bertz CT molecular complexity index is 1220. The fourth-order valence-electron chi connectivity index (χ4n) is 4.21. The van der Waals surface area contributed by atoms with Gasteiger partial charge in [0.05, 0.1) is 23.8 Å². The average Bonchev–Trinajstić information content (AvgIpc) is 3.30. The smallest absolute Gasteiger partial charge is 0.145 e. The number of benzene rings is 1. The molecule has 0 aliphatic carbocycles. The van der Waals surface area contributed by atoms with Gasteiger partial charge in [0.15, 0.2) is 0 Å². The van der Waals surface area contributed by atoms with Gasteiger partial charge in [0.25, 0.3) is 0 Å². The molecule has 0 spiro atoms. The van der Waals surface area contributed by atoms with Crippen molar-refractivity contribution in [1.29, 1.82) is 0 Å². The van der Waals surface area contributed by atoms with Crippen LogP contribution in [0.15, 0.2) is 55.1 Å². The van der Waals surface area contributed by atoms with E-state index in [-0.39, 0.29) is 11.9 Å². The Kier molecular flexibility index (Phi) is 4.36. The number of nitrogens with two attached hydrogens (primary N) is 1. The molecule has 2 N–H and O–H groups in total. The molecule has 3 aromatic heterocycles. The zero-order chi connectivity index (χ0) is 20.8. The van der Waals surface area contributed by atoms with E-state index in [4.69, 9.17) is 5.73 Å². The molecule has 0 radical (unpaired) electrons. The first-order valence-electron chi connectivity index (χ1n) is 9.74. The number of anilines is 2. The minimum absolute atomic E-state index is 0.170. The van der Waals surface area contributed by atoms with E-state index in [1.54, 1.807) is 18.3 Å². The van der Waals surface area contributed by atoms with Crippen LogP contribution in [0.3, 0.4) is 0 Å².